The van der Waals surface area contributed by atoms with Crippen LogP contribution in [0.1, 0.15) is 28.3 Å². The van der Waals surface area contributed by atoms with E-state index in [0.29, 0.717) is 5.95 Å². The highest BCUT2D eigenvalue weighted by Gasteiger charge is 2.08. The van der Waals surface area contributed by atoms with E-state index in [1.807, 2.05) is 19.3 Å². The molecule has 0 bridgehead atoms. The second kappa shape index (κ2) is 4.61. The molecule has 0 amide bonds. The first kappa shape index (κ1) is 11.1. The van der Waals surface area contributed by atoms with Gasteiger partial charge in [0.15, 0.2) is 0 Å². The van der Waals surface area contributed by atoms with E-state index in [1.165, 1.54) is 9.75 Å². The maximum Gasteiger partial charge on any atom is 0.223 e. The Bertz CT molecular complexity index is 461. The van der Waals surface area contributed by atoms with Crippen molar-refractivity contribution < 1.29 is 0 Å². The first-order chi connectivity index (χ1) is 7.65. The van der Waals surface area contributed by atoms with E-state index in [4.69, 9.17) is 0 Å². The van der Waals surface area contributed by atoms with Crippen molar-refractivity contribution in [2.24, 2.45) is 0 Å². The fourth-order valence-electron chi connectivity index (χ4n) is 1.42. The first-order valence-corrected chi connectivity index (χ1v) is 6.08. The number of anilines is 1. The van der Waals surface area contributed by atoms with E-state index in [-0.39, 0.29) is 6.04 Å². The average molecular weight is 233 g/mol. The van der Waals surface area contributed by atoms with Gasteiger partial charge in [0.25, 0.3) is 0 Å². The molecule has 0 fully saturated rings. The summed E-state index contributed by atoms with van der Waals surface area (Å²) in [6, 6.07) is 4.53. The first-order valence-electron chi connectivity index (χ1n) is 5.26. The molecule has 2 rings (SSSR count). The van der Waals surface area contributed by atoms with Gasteiger partial charge >= 0.3 is 0 Å². The molecule has 1 N–H and O–H groups in total. The smallest absolute Gasteiger partial charge is 0.223 e. The third kappa shape index (κ3) is 2.58. The van der Waals surface area contributed by atoms with Crippen LogP contribution in [-0.2, 0) is 0 Å². The van der Waals surface area contributed by atoms with Gasteiger partial charge in [-0.05, 0) is 38.5 Å². The normalized spacial score (nSPS) is 12.4. The van der Waals surface area contributed by atoms with E-state index in [1.54, 1.807) is 11.3 Å². The molecule has 2 aromatic rings. The van der Waals surface area contributed by atoms with Gasteiger partial charge in [-0.15, -0.1) is 11.3 Å². The summed E-state index contributed by atoms with van der Waals surface area (Å²) in [6.07, 6.45) is 3.64. The highest BCUT2D eigenvalue weighted by atomic mass is 32.1. The molecule has 1 atom stereocenters. The summed E-state index contributed by atoms with van der Waals surface area (Å²) in [4.78, 5) is 11.1. The van der Waals surface area contributed by atoms with Gasteiger partial charge in [0.1, 0.15) is 0 Å². The van der Waals surface area contributed by atoms with Crippen molar-refractivity contribution in [1.82, 2.24) is 9.97 Å². The zero-order chi connectivity index (χ0) is 11.5. The zero-order valence-electron chi connectivity index (χ0n) is 9.69. The van der Waals surface area contributed by atoms with Gasteiger partial charge in [-0.25, -0.2) is 9.97 Å². The molecule has 3 nitrogen and oxygen atoms in total. The van der Waals surface area contributed by atoms with Crippen molar-refractivity contribution in [1.29, 1.82) is 0 Å². The fraction of sp³-hybridized carbons (Fsp3) is 0.333. The summed E-state index contributed by atoms with van der Waals surface area (Å²) in [5.41, 5.74) is 1.07. The summed E-state index contributed by atoms with van der Waals surface area (Å²) in [5, 5.41) is 3.29. The van der Waals surface area contributed by atoms with Crippen molar-refractivity contribution in [3.8, 4) is 0 Å². The number of hydrogen-bond donors (Lipinski definition) is 1. The summed E-state index contributed by atoms with van der Waals surface area (Å²) >= 11 is 1.80. The Balaban J connectivity index is 2.07. The molecule has 0 saturated carbocycles. The maximum atomic E-state index is 4.23. The second-order valence-electron chi connectivity index (χ2n) is 3.90. The largest absolute Gasteiger partial charge is 0.347 e. The third-order valence-corrected chi connectivity index (χ3v) is 3.50. The molecule has 84 valence electrons. The molecule has 16 heavy (non-hydrogen) atoms. The molecular formula is C12H15N3S. The standard InChI is InChI=1S/C12H15N3S/c1-8-6-13-12(14-7-8)15-10(3)11-5-4-9(2)16-11/h4-7,10H,1-3H3,(H,13,14,15). The average Bonchev–Trinajstić information content (AvgIpc) is 2.68. The minimum atomic E-state index is 0.251. The van der Waals surface area contributed by atoms with Crippen LogP contribution in [0.25, 0.3) is 0 Å². The highest BCUT2D eigenvalue weighted by Crippen LogP contribution is 2.24. The number of rotatable bonds is 3. The van der Waals surface area contributed by atoms with E-state index in [9.17, 15) is 0 Å². The predicted octanol–water partition coefficient (Wildman–Crippen LogP) is 3.33. The van der Waals surface area contributed by atoms with Crippen LogP contribution in [0.15, 0.2) is 24.5 Å². The lowest BCUT2D eigenvalue weighted by Gasteiger charge is -2.11. The van der Waals surface area contributed by atoms with E-state index in [0.717, 1.165) is 5.56 Å². The van der Waals surface area contributed by atoms with Crippen LogP contribution in [0.5, 0.6) is 0 Å². The van der Waals surface area contributed by atoms with Crippen LogP contribution in [-0.4, -0.2) is 9.97 Å². The van der Waals surface area contributed by atoms with Gasteiger partial charge in [-0.3, -0.25) is 0 Å². The van der Waals surface area contributed by atoms with Crippen LogP contribution < -0.4 is 5.32 Å². The Labute approximate surface area is 99.6 Å². The quantitative estimate of drug-likeness (QED) is 0.883. The number of nitrogens with zero attached hydrogens (tertiary/aromatic N) is 2. The maximum absolute atomic E-state index is 4.23. The third-order valence-electron chi connectivity index (χ3n) is 2.31. The van der Waals surface area contributed by atoms with Crippen LogP contribution in [0.4, 0.5) is 5.95 Å². The summed E-state index contributed by atoms with van der Waals surface area (Å²) in [7, 11) is 0. The summed E-state index contributed by atoms with van der Waals surface area (Å²) in [5.74, 6) is 0.684. The Morgan fingerprint density at radius 2 is 1.88 bits per heavy atom. The summed E-state index contributed by atoms with van der Waals surface area (Å²) < 4.78 is 0. The number of nitrogens with one attached hydrogen (secondary N) is 1. The Kier molecular flexibility index (Phi) is 3.19. The number of hydrogen-bond acceptors (Lipinski definition) is 4. The zero-order valence-corrected chi connectivity index (χ0v) is 10.5. The molecule has 0 aliphatic heterocycles. The van der Waals surface area contributed by atoms with E-state index >= 15 is 0 Å². The SMILES string of the molecule is Cc1cnc(NC(C)c2ccc(C)s2)nc1. The molecule has 0 spiro atoms. The highest BCUT2D eigenvalue weighted by molar-refractivity contribution is 7.12. The molecule has 0 aromatic carbocycles. The monoisotopic (exact) mass is 233 g/mol. The van der Waals surface area contributed by atoms with Crippen LogP contribution >= 0.6 is 11.3 Å². The molecule has 0 aliphatic carbocycles. The summed E-state index contributed by atoms with van der Waals surface area (Å²) in [6.45, 7) is 6.22. The van der Waals surface area contributed by atoms with Crippen molar-refractivity contribution >= 4 is 17.3 Å². The molecule has 2 heterocycles. The van der Waals surface area contributed by atoms with Gasteiger partial charge in [0.2, 0.25) is 5.95 Å². The molecule has 2 aromatic heterocycles. The Morgan fingerprint density at radius 1 is 1.19 bits per heavy atom. The van der Waals surface area contributed by atoms with Gasteiger partial charge in [0, 0.05) is 22.1 Å². The minimum Gasteiger partial charge on any atom is -0.347 e. The van der Waals surface area contributed by atoms with Crippen molar-refractivity contribution in [2.75, 3.05) is 5.32 Å². The van der Waals surface area contributed by atoms with Crippen molar-refractivity contribution in [2.45, 2.75) is 26.8 Å². The number of thiophene rings is 1. The van der Waals surface area contributed by atoms with E-state index in [2.05, 4.69) is 41.3 Å². The van der Waals surface area contributed by atoms with Crippen molar-refractivity contribution in [3.63, 3.8) is 0 Å². The molecule has 1 unspecified atom stereocenters. The number of aryl methyl sites for hydroxylation is 2. The molecular weight excluding hydrogens is 218 g/mol. The number of aromatic nitrogens is 2. The Hall–Kier alpha value is -1.42. The molecule has 0 aliphatic rings. The van der Waals surface area contributed by atoms with Gasteiger partial charge in [-0.2, -0.15) is 0 Å². The van der Waals surface area contributed by atoms with Crippen molar-refractivity contribution in [3.05, 3.63) is 39.8 Å². The van der Waals surface area contributed by atoms with Crippen LogP contribution in [0.3, 0.4) is 0 Å². The lowest BCUT2D eigenvalue weighted by Crippen LogP contribution is -2.07. The van der Waals surface area contributed by atoms with E-state index < -0.39 is 0 Å². The van der Waals surface area contributed by atoms with Gasteiger partial charge < -0.3 is 5.32 Å². The lowest BCUT2D eigenvalue weighted by molar-refractivity contribution is 0.878. The second-order valence-corrected chi connectivity index (χ2v) is 5.22. The topological polar surface area (TPSA) is 37.8 Å². The lowest BCUT2D eigenvalue weighted by atomic mass is 10.3. The predicted molar refractivity (Wildman–Crippen MR) is 67.9 cm³/mol. The Morgan fingerprint density at radius 3 is 2.44 bits per heavy atom. The van der Waals surface area contributed by atoms with Gasteiger partial charge in [0.05, 0.1) is 6.04 Å². The minimum absolute atomic E-state index is 0.251. The molecule has 0 radical (unpaired) electrons. The molecule has 4 heteroatoms. The van der Waals surface area contributed by atoms with Crippen LogP contribution in [0, 0.1) is 13.8 Å². The van der Waals surface area contributed by atoms with Crippen LogP contribution in [0.2, 0.25) is 0 Å². The molecule has 0 saturated heterocycles. The van der Waals surface area contributed by atoms with Gasteiger partial charge in [-0.1, -0.05) is 0 Å². The fourth-order valence-corrected chi connectivity index (χ4v) is 2.30.